The molecule has 0 bridgehead atoms. The van der Waals surface area contributed by atoms with Crippen molar-refractivity contribution in [3.8, 4) is 28.7 Å². The number of nitrogens with zero attached hydrogens (tertiary/aromatic N) is 6. The first kappa shape index (κ1) is 49.2. The number of nitriles is 1. The molecule has 0 spiro atoms. The summed E-state index contributed by atoms with van der Waals surface area (Å²) >= 11 is 0. The van der Waals surface area contributed by atoms with E-state index in [-0.39, 0.29) is 50.1 Å². The van der Waals surface area contributed by atoms with E-state index in [1.54, 1.807) is 20.5 Å². The number of ether oxygens (including phenoxy) is 5. The lowest BCUT2D eigenvalue weighted by molar-refractivity contribution is -0.0912. The zero-order valence-electron chi connectivity index (χ0n) is 40.7. The molecule has 7 aromatic rings. The molecule has 2 aromatic heterocycles. The summed E-state index contributed by atoms with van der Waals surface area (Å²) in [5.41, 5.74) is 6.78. The zero-order valence-corrected chi connectivity index (χ0v) is 41.6. The Labute approximate surface area is 415 Å². The van der Waals surface area contributed by atoms with Crippen molar-refractivity contribution in [2.75, 3.05) is 39.4 Å². The van der Waals surface area contributed by atoms with Gasteiger partial charge < -0.3 is 32.7 Å². The normalized spacial score (nSPS) is 17.0. The van der Waals surface area contributed by atoms with E-state index in [1.165, 1.54) is 6.33 Å². The zero-order chi connectivity index (χ0) is 49.5. The van der Waals surface area contributed by atoms with Gasteiger partial charge in [-0.05, 0) is 90.9 Å². The molecule has 3 heterocycles. The smallest absolute Gasteiger partial charge is 0.412 e. The number of aromatic nitrogens is 4. The third-order valence-corrected chi connectivity index (χ3v) is 15.1. The Balaban J connectivity index is 1.03. The van der Waals surface area contributed by atoms with Crippen LogP contribution in [-0.4, -0.2) is 88.6 Å². The van der Waals surface area contributed by atoms with Gasteiger partial charge >= 0.3 is 6.09 Å². The largest absolute Gasteiger partial charge is 0.497 e. The number of imidazole rings is 1. The summed E-state index contributed by atoms with van der Waals surface area (Å²) in [6, 6.07) is 44.5. The summed E-state index contributed by atoms with van der Waals surface area (Å²) in [6.45, 7) is 8.81. The van der Waals surface area contributed by atoms with Crippen LogP contribution in [0.15, 0.2) is 140 Å². The molecule has 1 saturated heterocycles. The van der Waals surface area contributed by atoms with Crippen LogP contribution in [0.5, 0.6) is 11.5 Å². The number of rotatable bonds is 20. The van der Waals surface area contributed by atoms with Gasteiger partial charge in [0.05, 0.1) is 52.4 Å². The maximum atomic E-state index is 13.5. The van der Waals surface area contributed by atoms with Crippen molar-refractivity contribution >= 4 is 31.6 Å². The van der Waals surface area contributed by atoms with Gasteiger partial charge in [0.1, 0.15) is 42.4 Å². The first-order valence-corrected chi connectivity index (χ1v) is 24.9. The Morgan fingerprint density at radius 3 is 1.99 bits per heavy atom. The molecule has 0 radical (unpaired) electrons. The van der Waals surface area contributed by atoms with Crippen LogP contribution < -0.4 is 14.8 Å². The Bertz CT molecular complexity index is 2850. The molecule has 1 aliphatic carbocycles. The van der Waals surface area contributed by atoms with E-state index < -0.39 is 38.7 Å². The van der Waals surface area contributed by atoms with E-state index >= 15 is 0 Å². The molecule has 16 heteroatoms. The number of hydrogen-bond acceptors (Lipinski definition) is 13. The molecule has 1 N–H and O–H groups in total. The SMILES string of the molecule is COc1ccc(C(OC[C@H]2O[C@@H](n3cnc4c(NC(=O)OCC5c6ccccc6-c6ccccc65)ncnc43)CC2OP(OCCC#N)N(C(C)C)C(C)C)(c2ccccc2)c2ccc(OC)cc2)cc1. The van der Waals surface area contributed by atoms with Gasteiger partial charge in [0.25, 0.3) is 8.53 Å². The molecular weight excluding hydrogens is 918 g/mol. The first-order chi connectivity index (χ1) is 34.6. The predicted octanol–water partition coefficient (Wildman–Crippen LogP) is 11.2. The molecule has 1 amide bonds. The van der Waals surface area contributed by atoms with Crippen LogP contribution in [0.3, 0.4) is 0 Å². The quantitative estimate of drug-likeness (QED) is 0.0436. The van der Waals surface area contributed by atoms with Gasteiger partial charge in [-0.1, -0.05) is 103 Å². The number of amides is 1. The Kier molecular flexibility index (Phi) is 15.3. The van der Waals surface area contributed by atoms with E-state index in [0.717, 1.165) is 38.9 Å². The molecule has 1 fully saturated rings. The van der Waals surface area contributed by atoms with Gasteiger partial charge in [-0.3, -0.25) is 9.88 Å². The fraction of sp³-hybridized carbons (Fsp3) is 0.327. The standard InChI is InChI=1S/C55H58N7O8P/c1-36(2)62(37(3)4)71(68-30-14-29-56)70-48-31-50(69-49(48)33-67-55(38-15-8-7-9-16-38,39-21-25-41(64-5)26-22-39)40-23-27-42(65-6)28-24-40)61-35-59-51-52(57-34-58-53(51)61)60-54(63)66-32-47-45-19-12-10-17-43(45)44-18-11-13-20-46(44)47/h7-13,15-28,34-37,47-50H,14,30-33H2,1-6H3,(H,57,58,60,63)/t48?,49-,50-,71?/m1/s1. The molecular formula is C55H58N7O8P. The van der Waals surface area contributed by atoms with Crippen LogP contribution in [0.4, 0.5) is 10.6 Å². The Hall–Kier alpha value is -6.76. The second-order valence-corrected chi connectivity index (χ2v) is 19.3. The topological polar surface area (TPSA) is 164 Å². The first-order valence-electron chi connectivity index (χ1n) is 23.8. The molecule has 1 aliphatic heterocycles. The molecule has 0 saturated carbocycles. The number of carbonyl (C=O) groups excluding carboxylic acids is 1. The summed E-state index contributed by atoms with van der Waals surface area (Å²) in [6.07, 6.45) is 1.03. The molecule has 15 nitrogen and oxygen atoms in total. The number of carbonyl (C=O) groups is 1. The highest BCUT2D eigenvalue weighted by molar-refractivity contribution is 7.44. The summed E-state index contributed by atoms with van der Waals surface area (Å²) in [4.78, 5) is 27.3. The molecule has 9 rings (SSSR count). The maximum Gasteiger partial charge on any atom is 0.412 e. The van der Waals surface area contributed by atoms with Crippen molar-refractivity contribution in [2.24, 2.45) is 0 Å². The minimum absolute atomic E-state index is 0.0589. The van der Waals surface area contributed by atoms with Gasteiger partial charge in [-0.15, -0.1) is 0 Å². The maximum absolute atomic E-state index is 13.5. The summed E-state index contributed by atoms with van der Waals surface area (Å²) in [5, 5.41) is 12.3. The van der Waals surface area contributed by atoms with E-state index in [1.807, 2.05) is 95.6 Å². The minimum atomic E-state index is -1.69. The van der Waals surface area contributed by atoms with E-state index in [0.29, 0.717) is 29.1 Å². The van der Waals surface area contributed by atoms with Crippen LogP contribution in [0.2, 0.25) is 0 Å². The van der Waals surface area contributed by atoms with Gasteiger partial charge in [0, 0.05) is 24.4 Å². The van der Waals surface area contributed by atoms with Gasteiger partial charge in [0.2, 0.25) is 0 Å². The number of benzene rings is 5. The Morgan fingerprint density at radius 2 is 1.39 bits per heavy atom. The highest BCUT2D eigenvalue weighted by Crippen LogP contribution is 2.51. The average molecular weight is 976 g/mol. The molecule has 366 valence electrons. The van der Waals surface area contributed by atoms with Crippen LogP contribution in [0.1, 0.15) is 80.5 Å². The second kappa shape index (κ2) is 22.1. The van der Waals surface area contributed by atoms with Crippen LogP contribution >= 0.6 is 8.53 Å². The lowest BCUT2D eigenvalue weighted by atomic mass is 9.80. The van der Waals surface area contributed by atoms with Crippen molar-refractivity contribution in [3.63, 3.8) is 0 Å². The number of nitrogens with one attached hydrogen (secondary N) is 1. The van der Waals surface area contributed by atoms with Gasteiger partial charge in [-0.25, -0.2) is 24.4 Å². The van der Waals surface area contributed by atoms with Crippen molar-refractivity contribution in [1.29, 1.82) is 5.26 Å². The van der Waals surface area contributed by atoms with Crippen molar-refractivity contribution < 1.29 is 37.5 Å². The minimum Gasteiger partial charge on any atom is -0.497 e. The molecule has 2 aliphatic rings. The van der Waals surface area contributed by atoms with E-state index in [9.17, 15) is 10.1 Å². The highest BCUT2D eigenvalue weighted by atomic mass is 31.2. The Morgan fingerprint density at radius 1 is 0.803 bits per heavy atom. The monoisotopic (exact) mass is 975 g/mol. The molecule has 71 heavy (non-hydrogen) atoms. The molecule has 2 unspecified atom stereocenters. The fourth-order valence-electron chi connectivity index (χ4n) is 9.71. The fourth-order valence-corrected chi connectivity index (χ4v) is 11.5. The average Bonchev–Trinajstić information content (AvgIpc) is 4.10. The summed E-state index contributed by atoms with van der Waals surface area (Å²) < 4.78 is 49.1. The number of fused-ring (bicyclic) bond motifs is 4. The number of methoxy groups -OCH3 is 2. The lowest BCUT2D eigenvalue weighted by Crippen LogP contribution is -2.39. The van der Waals surface area contributed by atoms with E-state index in [4.69, 9.17) is 37.7 Å². The van der Waals surface area contributed by atoms with Crippen molar-refractivity contribution in [2.45, 2.75) is 82.6 Å². The number of hydrogen-bond donors (Lipinski definition) is 1. The van der Waals surface area contributed by atoms with Crippen molar-refractivity contribution in [1.82, 2.24) is 24.2 Å². The third-order valence-electron chi connectivity index (χ3n) is 12.9. The third kappa shape index (κ3) is 10.2. The molecule has 5 aromatic carbocycles. The van der Waals surface area contributed by atoms with Crippen LogP contribution in [0.25, 0.3) is 22.3 Å². The summed E-state index contributed by atoms with van der Waals surface area (Å²) in [7, 11) is 1.60. The van der Waals surface area contributed by atoms with Gasteiger partial charge in [0.15, 0.2) is 17.0 Å². The predicted molar refractivity (Wildman–Crippen MR) is 271 cm³/mol. The van der Waals surface area contributed by atoms with Crippen molar-refractivity contribution in [3.05, 3.63) is 168 Å². The lowest BCUT2D eigenvalue weighted by Gasteiger charge is -2.39. The second-order valence-electron chi connectivity index (χ2n) is 17.9. The molecule has 4 atom stereocenters. The highest BCUT2D eigenvalue weighted by Gasteiger charge is 2.45. The summed E-state index contributed by atoms with van der Waals surface area (Å²) in [5.74, 6) is 1.50. The van der Waals surface area contributed by atoms with Crippen LogP contribution in [-0.2, 0) is 28.9 Å². The van der Waals surface area contributed by atoms with Gasteiger partial charge in [-0.2, -0.15) is 5.26 Å². The van der Waals surface area contributed by atoms with Crippen LogP contribution in [0, 0.1) is 11.3 Å². The number of anilines is 1. The van der Waals surface area contributed by atoms with E-state index in [2.05, 4.69) is 90.1 Å².